The molecule has 2 rings (SSSR count). The van der Waals surface area contributed by atoms with E-state index in [0.29, 0.717) is 12.6 Å². The van der Waals surface area contributed by atoms with E-state index in [1.165, 1.54) is 37.0 Å². The van der Waals surface area contributed by atoms with Gasteiger partial charge in [-0.05, 0) is 43.7 Å². The van der Waals surface area contributed by atoms with E-state index in [4.69, 9.17) is 5.73 Å². The number of thiophene rings is 1. The van der Waals surface area contributed by atoms with Crippen LogP contribution in [0.2, 0.25) is 0 Å². The Bertz CT molecular complexity index is 518. The van der Waals surface area contributed by atoms with E-state index < -0.39 is 0 Å². The monoisotopic (exact) mass is 304 g/mol. The number of hydrogen-bond donors (Lipinski definition) is 2. The molecule has 114 valence electrons. The Morgan fingerprint density at radius 2 is 2.14 bits per heavy atom. The highest BCUT2D eigenvalue weighted by Gasteiger charge is 2.22. The summed E-state index contributed by atoms with van der Waals surface area (Å²) in [7, 11) is 0. The van der Waals surface area contributed by atoms with E-state index >= 15 is 0 Å². The molecule has 1 saturated carbocycles. The van der Waals surface area contributed by atoms with Gasteiger partial charge in [-0.2, -0.15) is 0 Å². The number of nitrogens with one attached hydrogen (secondary N) is 1. The van der Waals surface area contributed by atoms with Crippen LogP contribution in [0, 0.1) is 17.8 Å². The third-order valence-corrected chi connectivity index (χ3v) is 5.02. The molecule has 0 atom stereocenters. The summed E-state index contributed by atoms with van der Waals surface area (Å²) in [6, 6.07) is 4.08. The van der Waals surface area contributed by atoms with Gasteiger partial charge >= 0.3 is 0 Å². The molecule has 0 spiro atoms. The molecule has 1 heterocycles. The van der Waals surface area contributed by atoms with Gasteiger partial charge in [-0.3, -0.25) is 4.79 Å². The summed E-state index contributed by atoms with van der Waals surface area (Å²) in [5, 5.41) is 3.17. The number of rotatable bonds is 4. The Morgan fingerprint density at radius 1 is 1.38 bits per heavy atom. The molecule has 0 bridgehead atoms. The molecule has 1 aromatic rings. The van der Waals surface area contributed by atoms with Gasteiger partial charge in [-0.25, -0.2) is 0 Å². The number of hydrogen-bond acceptors (Lipinski definition) is 3. The maximum Gasteiger partial charge on any atom is 0.261 e. The van der Waals surface area contributed by atoms with Gasteiger partial charge in [-0.15, -0.1) is 11.3 Å². The van der Waals surface area contributed by atoms with Crippen molar-refractivity contribution in [2.24, 2.45) is 11.7 Å². The first-order chi connectivity index (χ1) is 10.2. The molecular formula is C17H24N2OS. The van der Waals surface area contributed by atoms with E-state index in [1.807, 2.05) is 12.1 Å². The molecule has 21 heavy (non-hydrogen) atoms. The largest absolute Gasteiger partial charge is 0.349 e. The summed E-state index contributed by atoms with van der Waals surface area (Å²) in [5.74, 6) is 6.68. The average Bonchev–Trinajstić information content (AvgIpc) is 2.96. The zero-order chi connectivity index (χ0) is 15.1. The van der Waals surface area contributed by atoms with Crippen LogP contribution < -0.4 is 11.1 Å². The Morgan fingerprint density at radius 3 is 2.81 bits per heavy atom. The second-order valence-electron chi connectivity index (χ2n) is 5.65. The maximum absolute atomic E-state index is 12.2. The lowest BCUT2D eigenvalue weighted by Crippen LogP contribution is -2.37. The van der Waals surface area contributed by atoms with Crippen LogP contribution in [0.25, 0.3) is 0 Å². The fraction of sp³-hybridized carbons (Fsp3) is 0.588. The van der Waals surface area contributed by atoms with Crippen molar-refractivity contribution in [1.82, 2.24) is 5.32 Å². The summed E-state index contributed by atoms with van der Waals surface area (Å²) >= 11 is 1.44. The fourth-order valence-electron chi connectivity index (χ4n) is 2.93. The van der Waals surface area contributed by atoms with Gasteiger partial charge < -0.3 is 11.1 Å². The van der Waals surface area contributed by atoms with E-state index in [1.54, 1.807) is 0 Å². The minimum Gasteiger partial charge on any atom is -0.349 e. The second-order valence-corrected chi connectivity index (χ2v) is 6.73. The maximum atomic E-state index is 12.2. The molecule has 0 saturated heterocycles. The Kier molecular flexibility index (Phi) is 6.28. The van der Waals surface area contributed by atoms with Crippen molar-refractivity contribution in [3.05, 3.63) is 21.9 Å². The van der Waals surface area contributed by atoms with Crippen molar-refractivity contribution in [3.63, 3.8) is 0 Å². The van der Waals surface area contributed by atoms with Crippen LogP contribution in [-0.4, -0.2) is 18.5 Å². The smallest absolute Gasteiger partial charge is 0.261 e. The summed E-state index contributed by atoms with van der Waals surface area (Å²) < 4.78 is 0. The Hall–Kier alpha value is -1.31. The molecule has 1 aliphatic rings. The van der Waals surface area contributed by atoms with Crippen molar-refractivity contribution in [2.75, 3.05) is 6.54 Å². The third kappa shape index (κ3) is 4.87. The molecule has 0 aliphatic heterocycles. The van der Waals surface area contributed by atoms with Gasteiger partial charge in [0.2, 0.25) is 0 Å². The van der Waals surface area contributed by atoms with Gasteiger partial charge in [0.1, 0.15) is 0 Å². The van der Waals surface area contributed by atoms with E-state index in [9.17, 15) is 4.79 Å². The lowest BCUT2D eigenvalue weighted by Gasteiger charge is -2.28. The van der Waals surface area contributed by atoms with Crippen LogP contribution in [0.4, 0.5) is 0 Å². The first-order valence-electron chi connectivity index (χ1n) is 7.82. The predicted octanol–water partition coefficient (Wildman–Crippen LogP) is 3.15. The highest BCUT2D eigenvalue weighted by molar-refractivity contribution is 7.14. The second kappa shape index (κ2) is 8.21. The SMILES string of the molecule is CCCC1CCC(NC(=O)c2ccc(C#CCN)s2)CC1. The van der Waals surface area contributed by atoms with Crippen molar-refractivity contribution in [3.8, 4) is 11.8 Å². The molecule has 3 nitrogen and oxygen atoms in total. The van der Waals surface area contributed by atoms with E-state index in [2.05, 4.69) is 24.1 Å². The Balaban J connectivity index is 1.83. The summed E-state index contributed by atoms with van der Waals surface area (Å²) in [4.78, 5) is 13.9. The lowest BCUT2D eigenvalue weighted by atomic mass is 9.83. The molecule has 3 N–H and O–H groups in total. The Labute approximate surface area is 131 Å². The van der Waals surface area contributed by atoms with Gasteiger partial charge in [0.15, 0.2) is 0 Å². The summed E-state index contributed by atoms with van der Waals surface area (Å²) in [5.41, 5.74) is 5.35. The van der Waals surface area contributed by atoms with Crippen molar-refractivity contribution in [2.45, 2.75) is 51.5 Å². The van der Waals surface area contributed by atoms with Crippen molar-refractivity contribution < 1.29 is 4.79 Å². The molecule has 0 radical (unpaired) electrons. The van der Waals surface area contributed by atoms with Crippen molar-refractivity contribution >= 4 is 17.2 Å². The third-order valence-electron chi connectivity index (χ3n) is 4.02. The van der Waals surface area contributed by atoms with Gasteiger partial charge in [0, 0.05) is 6.04 Å². The van der Waals surface area contributed by atoms with Gasteiger partial charge in [0.25, 0.3) is 5.91 Å². The van der Waals surface area contributed by atoms with Gasteiger partial charge in [-0.1, -0.05) is 31.6 Å². The molecule has 1 aromatic heterocycles. The summed E-state index contributed by atoms with van der Waals surface area (Å²) in [6.07, 6.45) is 7.31. The van der Waals surface area contributed by atoms with Crippen LogP contribution in [-0.2, 0) is 0 Å². The lowest BCUT2D eigenvalue weighted by molar-refractivity contribution is 0.0925. The van der Waals surface area contributed by atoms with Crippen molar-refractivity contribution in [1.29, 1.82) is 0 Å². The van der Waals surface area contributed by atoms with Crippen LogP contribution >= 0.6 is 11.3 Å². The zero-order valence-corrected chi connectivity index (χ0v) is 13.5. The zero-order valence-electron chi connectivity index (χ0n) is 12.7. The molecule has 1 aliphatic carbocycles. The van der Waals surface area contributed by atoms with Gasteiger partial charge in [0.05, 0.1) is 16.3 Å². The molecule has 1 amide bonds. The average molecular weight is 304 g/mol. The highest BCUT2D eigenvalue weighted by Crippen LogP contribution is 2.28. The molecule has 0 unspecified atom stereocenters. The number of amides is 1. The number of nitrogens with two attached hydrogens (primary N) is 1. The molecule has 0 aromatic carbocycles. The first-order valence-corrected chi connectivity index (χ1v) is 8.64. The number of carbonyl (C=O) groups is 1. The minimum absolute atomic E-state index is 0.0414. The standard InChI is InChI=1S/C17H24N2OS/c1-2-4-13-6-8-14(9-7-13)19-17(20)16-11-10-15(21-16)5-3-12-18/h10-11,13-14H,2,4,6-9,12,18H2,1H3,(H,19,20). The highest BCUT2D eigenvalue weighted by atomic mass is 32.1. The molecule has 4 heteroatoms. The van der Waals surface area contributed by atoms with Crippen LogP contribution in [0.15, 0.2) is 12.1 Å². The van der Waals surface area contributed by atoms with E-state index in [0.717, 1.165) is 28.5 Å². The van der Waals surface area contributed by atoms with Crippen LogP contribution in [0.1, 0.15) is 60.0 Å². The quantitative estimate of drug-likeness (QED) is 0.840. The topological polar surface area (TPSA) is 55.1 Å². The van der Waals surface area contributed by atoms with Crippen LogP contribution in [0.3, 0.4) is 0 Å². The molecular weight excluding hydrogens is 280 g/mol. The normalized spacial score (nSPS) is 21.4. The summed E-state index contributed by atoms with van der Waals surface area (Å²) in [6.45, 7) is 2.59. The fourth-order valence-corrected chi connectivity index (χ4v) is 3.71. The predicted molar refractivity (Wildman–Crippen MR) is 88.4 cm³/mol. The first kappa shape index (κ1) is 16.1. The molecule has 1 fully saturated rings. The number of carbonyl (C=O) groups excluding carboxylic acids is 1. The minimum atomic E-state index is 0.0414. The van der Waals surface area contributed by atoms with Crippen LogP contribution in [0.5, 0.6) is 0 Å². The van der Waals surface area contributed by atoms with E-state index in [-0.39, 0.29) is 5.91 Å².